The average molecular weight is 349 g/mol. The Morgan fingerprint density at radius 3 is 2.60 bits per heavy atom. The number of hydrogen-bond donors (Lipinski definition) is 1. The predicted molar refractivity (Wildman–Crippen MR) is 85.8 cm³/mol. The Morgan fingerprint density at radius 1 is 1.32 bits per heavy atom. The maximum absolute atomic E-state index is 12.9. The van der Waals surface area contributed by atoms with Crippen LogP contribution in [0.15, 0.2) is 24.3 Å². The summed E-state index contributed by atoms with van der Waals surface area (Å²) in [5, 5.41) is 13.1. The van der Waals surface area contributed by atoms with Gasteiger partial charge in [-0.3, -0.25) is 9.59 Å². The molecule has 2 aromatic rings. The zero-order valence-electron chi connectivity index (χ0n) is 13.7. The molecule has 0 fully saturated rings. The van der Waals surface area contributed by atoms with Crippen molar-refractivity contribution in [1.29, 1.82) is 0 Å². The van der Waals surface area contributed by atoms with Crippen LogP contribution in [-0.2, 0) is 16.0 Å². The molecule has 0 bridgehead atoms. The highest BCUT2D eigenvalue weighted by Crippen LogP contribution is 2.36. The highest BCUT2D eigenvalue weighted by atomic mass is 19.3. The van der Waals surface area contributed by atoms with Crippen LogP contribution in [-0.4, -0.2) is 33.3 Å². The van der Waals surface area contributed by atoms with Crippen molar-refractivity contribution in [2.45, 2.75) is 32.7 Å². The van der Waals surface area contributed by atoms with E-state index in [0.29, 0.717) is 27.2 Å². The number of aromatic nitrogens is 2. The van der Waals surface area contributed by atoms with Gasteiger partial charge in [0.1, 0.15) is 5.92 Å². The van der Waals surface area contributed by atoms with Crippen molar-refractivity contribution in [2.75, 3.05) is 11.4 Å². The first kappa shape index (κ1) is 17.1. The first-order chi connectivity index (χ1) is 11.8. The number of para-hydroxylation sites is 1. The van der Waals surface area contributed by atoms with Crippen molar-refractivity contribution in [3.63, 3.8) is 0 Å². The number of benzene rings is 1. The summed E-state index contributed by atoms with van der Waals surface area (Å²) >= 11 is 0. The largest absolute Gasteiger partial charge is 0.481 e. The van der Waals surface area contributed by atoms with Crippen LogP contribution in [0.3, 0.4) is 0 Å². The number of carboxylic acid groups (broad SMARTS) is 1. The van der Waals surface area contributed by atoms with E-state index in [1.54, 1.807) is 31.2 Å². The van der Waals surface area contributed by atoms with Gasteiger partial charge in [-0.2, -0.15) is 13.9 Å². The van der Waals surface area contributed by atoms with Crippen molar-refractivity contribution < 1.29 is 23.5 Å². The predicted octanol–water partition coefficient (Wildman–Crippen LogP) is 2.65. The zero-order chi connectivity index (χ0) is 18.3. The van der Waals surface area contributed by atoms with Gasteiger partial charge in [0.2, 0.25) is 5.91 Å². The lowest BCUT2D eigenvalue weighted by Crippen LogP contribution is -2.32. The second-order valence-electron chi connectivity index (χ2n) is 6.00. The van der Waals surface area contributed by atoms with Crippen LogP contribution < -0.4 is 4.90 Å². The molecular formula is C17H17F2N3O3. The molecule has 6 nitrogen and oxygen atoms in total. The van der Waals surface area contributed by atoms with Gasteiger partial charge in [0.15, 0.2) is 0 Å². The van der Waals surface area contributed by atoms with Gasteiger partial charge < -0.3 is 10.0 Å². The SMILES string of the molecule is Cc1nn(C(F)F)c(C)c1CC(=O)N1CC(C(=O)O)c2ccccc21. The molecule has 1 amide bonds. The lowest BCUT2D eigenvalue weighted by atomic mass is 10.0. The molecule has 0 saturated heterocycles. The molecule has 1 atom stereocenters. The minimum absolute atomic E-state index is 0.0363. The van der Waals surface area contributed by atoms with E-state index in [4.69, 9.17) is 0 Å². The Labute approximate surface area is 142 Å². The number of anilines is 1. The minimum Gasteiger partial charge on any atom is -0.481 e. The van der Waals surface area contributed by atoms with Gasteiger partial charge in [-0.25, -0.2) is 4.68 Å². The number of alkyl halides is 2. The normalized spacial score (nSPS) is 16.4. The number of carboxylic acids is 1. The van der Waals surface area contributed by atoms with Crippen molar-refractivity contribution >= 4 is 17.6 Å². The van der Waals surface area contributed by atoms with Crippen molar-refractivity contribution in [3.05, 3.63) is 46.8 Å². The molecular weight excluding hydrogens is 332 g/mol. The maximum atomic E-state index is 12.9. The van der Waals surface area contributed by atoms with Crippen LogP contribution in [0.25, 0.3) is 0 Å². The number of rotatable bonds is 4. The van der Waals surface area contributed by atoms with E-state index < -0.39 is 18.4 Å². The lowest BCUT2D eigenvalue weighted by Gasteiger charge is -2.17. The first-order valence-electron chi connectivity index (χ1n) is 7.76. The van der Waals surface area contributed by atoms with E-state index in [9.17, 15) is 23.5 Å². The van der Waals surface area contributed by atoms with E-state index in [0.717, 1.165) is 0 Å². The Bertz CT molecular complexity index is 848. The van der Waals surface area contributed by atoms with Gasteiger partial charge in [0.25, 0.3) is 0 Å². The first-order valence-corrected chi connectivity index (χ1v) is 7.76. The van der Waals surface area contributed by atoms with Crippen molar-refractivity contribution in [1.82, 2.24) is 9.78 Å². The Morgan fingerprint density at radius 2 is 2.00 bits per heavy atom. The summed E-state index contributed by atoms with van der Waals surface area (Å²) in [4.78, 5) is 25.6. The Kier molecular flexibility index (Phi) is 4.28. The molecule has 0 spiro atoms. The number of aryl methyl sites for hydroxylation is 1. The van der Waals surface area contributed by atoms with E-state index in [2.05, 4.69) is 5.10 Å². The third-order valence-corrected chi connectivity index (χ3v) is 4.55. The quantitative estimate of drug-likeness (QED) is 0.921. The third-order valence-electron chi connectivity index (χ3n) is 4.55. The maximum Gasteiger partial charge on any atom is 0.333 e. The van der Waals surface area contributed by atoms with Crippen molar-refractivity contribution in [2.24, 2.45) is 0 Å². The summed E-state index contributed by atoms with van der Waals surface area (Å²) in [6, 6.07) is 6.84. The summed E-state index contributed by atoms with van der Waals surface area (Å²) in [6.07, 6.45) is -0.106. The summed E-state index contributed by atoms with van der Waals surface area (Å²) in [6.45, 7) is 0.333. The van der Waals surface area contributed by atoms with Gasteiger partial charge in [-0.05, 0) is 25.5 Å². The summed E-state index contributed by atoms with van der Waals surface area (Å²) in [7, 11) is 0. The highest BCUT2D eigenvalue weighted by Gasteiger charge is 2.36. The molecule has 0 aliphatic carbocycles. The van der Waals surface area contributed by atoms with Gasteiger partial charge in [-0.1, -0.05) is 18.2 Å². The second-order valence-corrected chi connectivity index (χ2v) is 6.00. The molecule has 1 aromatic heterocycles. The molecule has 2 heterocycles. The standard InChI is InChI=1S/C17H17F2N3O3/c1-9-12(10(2)22(20-9)17(18)19)7-15(23)21-8-13(16(24)25)11-5-3-4-6-14(11)21/h3-6,13,17H,7-8H2,1-2H3,(H,24,25). The lowest BCUT2D eigenvalue weighted by molar-refractivity contribution is -0.138. The van der Waals surface area contributed by atoms with Crippen molar-refractivity contribution in [3.8, 4) is 0 Å². The molecule has 1 aliphatic rings. The van der Waals surface area contributed by atoms with Crippen LogP contribution in [0, 0.1) is 13.8 Å². The molecule has 3 rings (SSSR count). The zero-order valence-corrected chi connectivity index (χ0v) is 13.7. The fourth-order valence-corrected chi connectivity index (χ4v) is 3.24. The third kappa shape index (κ3) is 2.88. The number of aliphatic carboxylic acids is 1. The number of carbonyl (C=O) groups excluding carboxylic acids is 1. The number of nitrogens with zero attached hydrogens (tertiary/aromatic N) is 3. The van der Waals surface area contributed by atoms with Crippen LogP contribution >= 0.6 is 0 Å². The number of halogens is 2. The van der Waals surface area contributed by atoms with E-state index in [1.807, 2.05) is 0 Å². The summed E-state index contributed by atoms with van der Waals surface area (Å²) < 4.78 is 26.5. The number of hydrogen-bond acceptors (Lipinski definition) is 3. The molecule has 25 heavy (non-hydrogen) atoms. The van der Waals surface area contributed by atoms with Gasteiger partial charge in [0, 0.05) is 23.5 Å². The molecule has 132 valence electrons. The van der Waals surface area contributed by atoms with Gasteiger partial charge in [-0.15, -0.1) is 0 Å². The molecule has 1 aromatic carbocycles. The summed E-state index contributed by atoms with van der Waals surface area (Å²) in [5.41, 5.74) is 2.19. The topological polar surface area (TPSA) is 75.4 Å². The number of fused-ring (bicyclic) bond motifs is 1. The monoisotopic (exact) mass is 349 g/mol. The van der Waals surface area contributed by atoms with Gasteiger partial charge >= 0.3 is 12.5 Å². The Balaban J connectivity index is 1.89. The van der Waals surface area contributed by atoms with Crippen LogP contribution in [0.4, 0.5) is 14.5 Å². The minimum atomic E-state index is -2.77. The average Bonchev–Trinajstić information content (AvgIpc) is 3.08. The highest BCUT2D eigenvalue weighted by molar-refractivity contribution is 6.00. The Hall–Kier alpha value is -2.77. The number of amides is 1. The van der Waals surface area contributed by atoms with E-state index in [-0.39, 0.29) is 24.6 Å². The second kappa shape index (κ2) is 6.27. The molecule has 1 aliphatic heterocycles. The number of carbonyl (C=O) groups is 2. The fourth-order valence-electron chi connectivity index (χ4n) is 3.24. The van der Waals surface area contributed by atoms with Crippen LogP contribution in [0.1, 0.15) is 35.0 Å². The van der Waals surface area contributed by atoms with Crippen LogP contribution in [0.5, 0.6) is 0 Å². The molecule has 1 N–H and O–H groups in total. The molecule has 8 heteroatoms. The summed E-state index contributed by atoms with van der Waals surface area (Å²) in [5.74, 6) is -2.12. The molecule has 1 unspecified atom stereocenters. The van der Waals surface area contributed by atoms with Gasteiger partial charge in [0.05, 0.1) is 12.1 Å². The van der Waals surface area contributed by atoms with Crippen LogP contribution in [0.2, 0.25) is 0 Å². The van der Waals surface area contributed by atoms with E-state index in [1.165, 1.54) is 11.8 Å². The smallest absolute Gasteiger partial charge is 0.333 e. The van der Waals surface area contributed by atoms with E-state index >= 15 is 0 Å². The fraction of sp³-hybridized carbons (Fsp3) is 0.353. The molecule has 0 saturated carbocycles. The molecule has 0 radical (unpaired) electrons.